The summed E-state index contributed by atoms with van der Waals surface area (Å²) < 4.78 is 5.59. The Hall–Kier alpha value is -1.75. The van der Waals surface area contributed by atoms with E-state index in [9.17, 15) is 4.79 Å². The molecule has 106 valence electrons. The Morgan fingerprint density at radius 3 is 2.84 bits per heavy atom. The van der Waals surface area contributed by atoms with Crippen LogP contribution in [0.5, 0.6) is 5.75 Å². The molecule has 0 aliphatic carbocycles. The van der Waals surface area contributed by atoms with E-state index in [4.69, 9.17) is 10.5 Å². The van der Waals surface area contributed by atoms with Gasteiger partial charge in [-0.05, 0) is 32.5 Å². The highest BCUT2D eigenvalue weighted by molar-refractivity contribution is 5.77. The van der Waals surface area contributed by atoms with Crippen molar-refractivity contribution in [3.63, 3.8) is 0 Å². The fourth-order valence-corrected chi connectivity index (χ4v) is 1.71. The summed E-state index contributed by atoms with van der Waals surface area (Å²) in [7, 11) is 1.92. The number of carbonyl (C=O) groups is 1. The first-order chi connectivity index (χ1) is 9.13. The lowest BCUT2D eigenvalue weighted by molar-refractivity contribution is -0.121. The van der Waals surface area contributed by atoms with Gasteiger partial charge in [0.1, 0.15) is 5.75 Å². The number of nitrogens with two attached hydrogens (primary N) is 1. The average molecular weight is 265 g/mol. The third kappa shape index (κ3) is 6.10. The topological polar surface area (TPSA) is 67.6 Å². The van der Waals surface area contributed by atoms with Gasteiger partial charge in [-0.3, -0.25) is 9.69 Å². The number of amides is 1. The number of nitrogens with one attached hydrogen (secondary N) is 1. The van der Waals surface area contributed by atoms with Gasteiger partial charge in [0, 0.05) is 13.1 Å². The zero-order valence-electron chi connectivity index (χ0n) is 11.7. The SMILES string of the molecule is CCNC(=O)CN(C)CCCOc1ccccc1N. The first kappa shape index (κ1) is 15.3. The number of carbonyl (C=O) groups excluding carboxylic acids is 1. The lowest BCUT2D eigenvalue weighted by Gasteiger charge is -2.16. The van der Waals surface area contributed by atoms with E-state index < -0.39 is 0 Å². The van der Waals surface area contributed by atoms with Gasteiger partial charge in [-0.1, -0.05) is 12.1 Å². The number of nitrogen functional groups attached to an aromatic ring is 1. The number of benzene rings is 1. The average Bonchev–Trinajstić information content (AvgIpc) is 2.36. The molecule has 1 aromatic carbocycles. The summed E-state index contributed by atoms with van der Waals surface area (Å²) in [6.45, 7) is 4.40. The minimum absolute atomic E-state index is 0.0539. The van der Waals surface area contributed by atoms with Crippen molar-refractivity contribution in [3.8, 4) is 5.75 Å². The highest BCUT2D eigenvalue weighted by Gasteiger charge is 2.05. The second kappa shape index (κ2) is 8.37. The lowest BCUT2D eigenvalue weighted by Crippen LogP contribution is -2.35. The van der Waals surface area contributed by atoms with Gasteiger partial charge < -0.3 is 15.8 Å². The third-order valence-electron chi connectivity index (χ3n) is 2.65. The van der Waals surface area contributed by atoms with Crippen molar-refractivity contribution in [3.05, 3.63) is 24.3 Å². The maximum Gasteiger partial charge on any atom is 0.234 e. The monoisotopic (exact) mass is 265 g/mol. The number of para-hydroxylation sites is 2. The van der Waals surface area contributed by atoms with E-state index in [0.29, 0.717) is 31.1 Å². The molecule has 0 bridgehead atoms. The Balaban J connectivity index is 2.17. The van der Waals surface area contributed by atoms with Gasteiger partial charge >= 0.3 is 0 Å². The van der Waals surface area contributed by atoms with Gasteiger partial charge in [-0.15, -0.1) is 0 Å². The van der Waals surface area contributed by atoms with E-state index in [2.05, 4.69) is 5.32 Å². The van der Waals surface area contributed by atoms with Crippen molar-refractivity contribution in [2.45, 2.75) is 13.3 Å². The molecule has 1 amide bonds. The summed E-state index contributed by atoms with van der Waals surface area (Å²) in [6.07, 6.45) is 0.851. The molecule has 0 saturated carbocycles. The Morgan fingerprint density at radius 2 is 2.16 bits per heavy atom. The highest BCUT2D eigenvalue weighted by Crippen LogP contribution is 2.19. The van der Waals surface area contributed by atoms with Gasteiger partial charge in [-0.2, -0.15) is 0 Å². The number of rotatable bonds is 8. The van der Waals surface area contributed by atoms with Crippen LogP contribution in [0.25, 0.3) is 0 Å². The molecule has 1 rings (SSSR count). The molecule has 5 heteroatoms. The number of anilines is 1. The summed E-state index contributed by atoms with van der Waals surface area (Å²) in [5.74, 6) is 0.770. The first-order valence-corrected chi connectivity index (χ1v) is 6.56. The molecule has 0 aromatic heterocycles. The van der Waals surface area contributed by atoms with E-state index >= 15 is 0 Å². The van der Waals surface area contributed by atoms with E-state index in [0.717, 1.165) is 13.0 Å². The van der Waals surface area contributed by atoms with E-state index in [1.165, 1.54) is 0 Å². The van der Waals surface area contributed by atoms with Crippen molar-refractivity contribution >= 4 is 11.6 Å². The quantitative estimate of drug-likeness (QED) is 0.546. The van der Waals surface area contributed by atoms with Crippen LogP contribution in [-0.4, -0.2) is 44.1 Å². The van der Waals surface area contributed by atoms with Crippen molar-refractivity contribution < 1.29 is 9.53 Å². The zero-order valence-corrected chi connectivity index (χ0v) is 11.7. The van der Waals surface area contributed by atoms with Crippen LogP contribution >= 0.6 is 0 Å². The van der Waals surface area contributed by atoms with E-state index in [-0.39, 0.29) is 5.91 Å². The maximum atomic E-state index is 11.4. The van der Waals surface area contributed by atoms with E-state index in [1.807, 2.05) is 43.1 Å². The first-order valence-electron chi connectivity index (χ1n) is 6.56. The van der Waals surface area contributed by atoms with Gasteiger partial charge in [-0.25, -0.2) is 0 Å². The summed E-state index contributed by atoms with van der Waals surface area (Å²) in [4.78, 5) is 13.3. The van der Waals surface area contributed by atoms with Crippen molar-refractivity contribution in [1.29, 1.82) is 0 Å². The summed E-state index contributed by atoms with van der Waals surface area (Å²) >= 11 is 0. The second-order valence-electron chi connectivity index (χ2n) is 4.43. The molecule has 0 saturated heterocycles. The molecule has 5 nitrogen and oxygen atoms in total. The number of hydrogen-bond donors (Lipinski definition) is 2. The van der Waals surface area contributed by atoms with Crippen LogP contribution in [0, 0.1) is 0 Å². The number of hydrogen-bond acceptors (Lipinski definition) is 4. The predicted molar refractivity (Wildman–Crippen MR) is 77.1 cm³/mol. The Labute approximate surface area is 114 Å². The number of likely N-dealkylation sites (N-methyl/N-ethyl adjacent to an activating group) is 2. The van der Waals surface area contributed by atoms with Gasteiger partial charge in [0.25, 0.3) is 0 Å². The Bertz CT molecular complexity index is 396. The van der Waals surface area contributed by atoms with E-state index in [1.54, 1.807) is 0 Å². The van der Waals surface area contributed by atoms with Crippen LogP contribution in [-0.2, 0) is 4.79 Å². The van der Waals surface area contributed by atoms with Gasteiger partial charge in [0.2, 0.25) is 5.91 Å². The number of nitrogens with zero attached hydrogens (tertiary/aromatic N) is 1. The Kier molecular flexibility index (Phi) is 6.74. The number of ether oxygens (including phenoxy) is 1. The molecule has 0 aliphatic heterocycles. The van der Waals surface area contributed by atoms with Crippen molar-refractivity contribution in [2.75, 3.05) is 39.0 Å². The largest absolute Gasteiger partial charge is 0.491 e. The summed E-state index contributed by atoms with van der Waals surface area (Å²) in [6, 6.07) is 7.44. The van der Waals surface area contributed by atoms with Crippen LogP contribution in [0.4, 0.5) is 5.69 Å². The van der Waals surface area contributed by atoms with Crippen LogP contribution in [0.2, 0.25) is 0 Å². The molecule has 0 fully saturated rings. The van der Waals surface area contributed by atoms with Gasteiger partial charge in [0.05, 0.1) is 18.8 Å². The lowest BCUT2D eigenvalue weighted by atomic mass is 10.3. The highest BCUT2D eigenvalue weighted by atomic mass is 16.5. The second-order valence-corrected chi connectivity index (χ2v) is 4.43. The summed E-state index contributed by atoms with van der Waals surface area (Å²) in [5, 5.41) is 2.77. The normalized spacial score (nSPS) is 10.5. The Morgan fingerprint density at radius 1 is 1.42 bits per heavy atom. The van der Waals surface area contributed by atoms with Crippen LogP contribution in [0.3, 0.4) is 0 Å². The molecule has 0 heterocycles. The van der Waals surface area contributed by atoms with Gasteiger partial charge in [0.15, 0.2) is 0 Å². The predicted octanol–water partition coefficient (Wildman–Crippen LogP) is 1.11. The molecule has 3 N–H and O–H groups in total. The van der Waals surface area contributed by atoms with Crippen LogP contribution < -0.4 is 15.8 Å². The zero-order chi connectivity index (χ0) is 14.1. The smallest absolute Gasteiger partial charge is 0.234 e. The van der Waals surface area contributed by atoms with Crippen molar-refractivity contribution in [2.24, 2.45) is 0 Å². The third-order valence-corrected chi connectivity index (χ3v) is 2.65. The molecule has 0 atom stereocenters. The molecule has 0 unspecified atom stereocenters. The molecule has 19 heavy (non-hydrogen) atoms. The molecule has 1 aromatic rings. The standard InChI is InChI=1S/C14H23N3O2/c1-3-16-14(18)11-17(2)9-6-10-19-13-8-5-4-7-12(13)15/h4-5,7-8H,3,6,9-11,15H2,1-2H3,(H,16,18). The van der Waals surface area contributed by atoms with Crippen LogP contribution in [0.1, 0.15) is 13.3 Å². The molecule has 0 aliphatic rings. The van der Waals surface area contributed by atoms with Crippen molar-refractivity contribution in [1.82, 2.24) is 10.2 Å². The maximum absolute atomic E-state index is 11.4. The molecular formula is C14H23N3O2. The fourth-order valence-electron chi connectivity index (χ4n) is 1.71. The molecule has 0 radical (unpaired) electrons. The minimum atomic E-state index is 0.0539. The molecular weight excluding hydrogens is 242 g/mol. The minimum Gasteiger partial charge on any atom is -0.491 e. The summed E-state index contributed by atoms with van der Waals surface area (Å²) in [5.41, 5.74) is 6.42. The molecule has 0 spiro atoms. The fraction of sp³-hybridized carbons (Fsp3) is 0.500. The van der Waals surface area contributed by atoms with Crippen LogP contribution in [0.15, 0.2) is 24.3 Å².